The molecule has 0 spiro atoms. The van der Waals surface area contributed by atoms with E-state index in [1.54, 1.807) is 4.90 Å². The Hall–Kier alpha value is -2.59. The topological polar surface area (TPSA) is 44.4 Å². The first-order chi connectivity index (χ1) is 12.3. The molecule has 136 valence electrons. The van der Waals surface area contributed by atoms with E-state index in [2.05, 4.69) is 38.0 Å². The van der Waals surface area contributed by atoms with Crippen LogP contribution in [-0.2, 0) is 5.54 Å². The van der Waals surface area contributed by atoms with Gasteiger partial charge in [0.05, 0.1) is 5.70 Å². The smallest absolute Gasteiger partial charge is 0.319 e. The molecule has 1 aliphatic rings. The van der Waals surface area contributed by atoms with Crippen LogP contribution in [0, 0.1) is 0 Å². The zero-order valence-electron chi connectivity index (χ0n) is 15.8. The number of rotatable bonds is 5. The van der Waals surface area contributed by atoms with Gasteiger partial charge in [0.1, 0.15) is 5.54 Å². The predicted molar refractivity (Wildman–Crippen MR) is 106 cm³/mol. The first-order valence-electron chi connectivity index (χ1n) is 9.00. The SMILES string of the molecule is C=C1N(CCNC(C)(C)C)C(=O)NC1(c1ccccc1)c1ccccc1. The molecule has 0 atom stereocenters. The van der Waals surface area contributed by atoms with Gasteiger partial charge in [-0.05, 0) is 31.9 Å². The molecule has 1 heterocycles. The molecule has 0 aliphatic carbocycles. The van der Waals surface area contributed by atoms with Gasteiger partial charge in [0.25, 0.3) is 0 Å². The second-order valence-electron chi connectivity index (χ2n) is 7.69. The summed E-state index contributed by atoms with van der Waals surface area (Å²) in [6, 6.07) is 20.0. The predicted octanol–water partition coefficient (Wildman–Crippen LogP) is 3.86. The van der Waals surface area contributed by atoms with Crippen LogP contribution in [0.4, 0.5) is 4.79 Å². The molecule has 0 saturated carbocycles. The van der Waals surface area contributed by atoms with Gasteiger partial charge in [0.2, 0.25) is 0 Å². The van der Waals surface area contributed by atoms with Crippen LogP contribution in [-0.4, -0.2) is 29.6 Å². The van der Waals surface area contributed by atoms with Gasteiger partial charge in [-0.15, -0.1) is 0 Å². The molecule has 1 saturated heterocycles. The molecule has 2 N–H and O–H groups in total. The van der Waals surface area contributed by atoms with E-state index < -0.39 is 5.54 Å². The molecule has 3 rings (SSSR count). The Bertz CT molecular complexity index is 739. The molecule has 2 aromatic carbocycles. The van der Waals surface area contributed by atoms with Crippen molar-refractivity contribution in [3.8, 4) is 0 Å². The molecule has 1 fully saturated rings. The monoisotopic (exact) mass is 349 g/mol. The minimum Gasteiger partial charge on any atom is -0.319 e. The summed E-state index contributed by atoms with van der Waals surface area (Å²) >= 11 is 0. The van der Waals surface area contributed by atoms with Crippen LogP contribution in [0.15, 0.2) is 72.9 Å². The molecule has 2 aromatic rings. The van der Waals surface area contributed by atoms with Crippen molar-refractivity contribution in [1.29, 1.82) is 0 Å². The maximum Gasteiger partial charge on any atom is 0.323 e. The van der Waals surface area contributed by atoms with Gasteiger partial charge in [-0.25, -0.2) is 4.79 Å². The Labute approximate surface area is 155 Å². The summed E-state index contributed by atoms with van der Waals surface area (Å²) in [5.41, 5.74) is 2.05. The lowest BCUT2D eigenvalue weighted by molar-refractivity contribution is 0.221. The van der Waals surface area contributed by atoms with E-state index in [1.807, 2.05) is 60.7 Å². The molecule has 0 bridgehead atoms. The molecule has 0 unspecified atom stereocenters. The van der Waals surface area contributed by atoms with Crippen LogP contribution in [0.25, 0.3) is 0 Å². The Balaban J connectivity index is 1.96. The van der Waals surface area contributed by atoms with Crippen molar-refractivity contribution in [1.82, 2.24) is 15.5 Å². The first-order valence-corrected chi connectivity index (χ1v) is 9.00. The van der Waals surface area contributed by atoms with Gasteiger partial charge >= 0.3 is 6.03 Å². The lowest BCUT2D eigenvalue weighted by Crippen LogP contribution is -2.41. The van der Waals surface area contributed by atoms with E-state index in [4.69, 9.17) is 0 Å². The van der Waals surface area contributed by atoms with E-state index in [0.29, 0.717) is 13.1 Å². The van der Waals surface area contributed by atoms with Crippen LogP contribution in [0.2, 0.25) is 0 Å². The standard InChI is InChI=1S/C22H27N3O/c1-17-22(18-11-7-5-8-12-18,19-13-9-6-10-14-19)24-20(26)25(17)16-15-23-21(2,3)4/h5-14,23H,1,15-16H2,2-4H3,(H,24,26). The highest BCUT2D eigenvalue weighted by Crippen LogP contribution is 2.41. The van der Waals surface area contributed by atoms with E-state index in [0.717, 1.165) is 16.8 Å². The molecule has 1 aliphatic heterocycles. The van der Waals surface area contributed by atoms with Gasteiger partial charge in [-0.2, -0.15) is 0 Å². The summed E-state index contributed by atoms with van der Waals surface area (Å²) in [5, 5.41) is 6.64. The van der Waals surface area contributed by atoms with Crippen molar-refractivity contribution in [3.63, 3.8) is 0 Å². The minimum atomic E-state index is -0.735. The molecule has 26 heavy (non-hydrogen) atoms. The van der Waals surface area contributed by atoms with Crippen LogP contribution in [0.3, 0.4) is 0 Å². The van der Waals surface area contributed by atoms with Gasteiger partial charge in [-0.1, -0.05) is 67.2 Å². The lowest BCUT2D eigenvalue weighted by Gasteiger charge is -2.32. The Morgan fingerprint density at radius 3 is 1.96 bits per heavy atom. The lowest BCUT2D eigenvalue weighted by atomic mass is 9.81. The van der Waals surface area contributed by atoms with Gasteiger partial charge < -0.3 is 10.6 Å². The van der Waals surface area contributed by atoms with Crippen molar-refractivity contribution in [3.05, 3.63) is 84.1 Å². The molecule has 2 amide bonds. The molecular weight excluding hydrogens is 322 g/mol. The number of benzene rings is 2. The van der Waals surface area contributed by atoms with Crippen LogP contribution >= 0.6 is 0 Å². The highest BCUT2D eigenvalue weighted by Gasteiger charge is 2.48. The largest absolute Gasteiger partial charge is 0.323 e. The summed E-state index contributed by atoms with van der Waals surface area (Å²) in [7, 11) is 0. The number of carbonyl (C=O) groups excluding carboxylic acids is 1. The van der Waals surface area contributed by atoms with E-state index >= 15 is 0 Å². The number of nitrogens with zero attached hydrogens (tertiary/aromatic N) is 1. The number of nitrogens with one attached hydrogen (secondary N) is 2. The third kappa shape index (κ3) is 3.37. The normalized spacial score (nSPS) is 16.7. The molecule has 0 radical (unpaired) electrons. The van der Waals surface area contributed by atoms with Crippen molar-refractivity contribution in [2.75, 3.05) is 13.1 Å². The zero-order chi connectivity index (χ0) is 18.8. The Morgan fingerprint density at radius 2 is 1.50 bits per heavy atom. The molecule has 4 nitrogen and oxygen atoms in total. The van der Waals surface area contributed by atoms with Crippen molar-refractivity contribution < 1.29 is 4.79 Å². The summed E-state index contributed by atoms with van der Waals surface area (Å²) in [6.07, 6.45) is 0. The molecular formula is C22H27N3O. The van der Waals surface area contributed by atoms with Gasteiger partial charge in [0.15, 0.2) is 0 Å². The average molecular weight is 349 g/mol. The van der Waals surface area contributed by atoms with Crippen molar-refractivity contribution in [2.24, 2.45) is 0 Å². The van der Waals surface area contributed by atoms with Gasteiger partial charge in [0, 0.05) is 18.6 Å². The summed E-state index contributed by atoms with van der Waals surface area (Å²) in [5.74, 6) is 0. The number of carbonyl (C=O) groups is 1. The van der Waals surface area contributed by atoms with Crippen molar-refractivity contribution in [2.45, 2.75) is 31.8 Å². The fourth-order valence-electron chi connectivity index (χ4n) is 3.42. The average Bonchev–Trinajstić information content (AvgIpc) is 2.88. The third-order valence-electron chi connectivity index (χ3n) is 4.70. The fraction of sp³-hybridized carbons (Fsp3) is 0.318. The number of hydrogen-bond donors (Lipinski definition) is 2. The number of amides is 2. The summed E-state index contributed by atoms with van der Waals surface area (Å²) in [4.78, 5) is 14.6. The minimum absolute atomic E-state index is 0.00742. The quantitative estimate of drug-likeness (QED) is 0.861. The summed E-state index contributed by atoms with van der Waals surface area (Å²) < 4.78 is 0. The second kappa shape index (κ2) is 6.96. The van der Waals surface area contributed by atoms with Crippen LogP contribution < -0.4 is 10.6 Å². The maximum atomic E-state index is 12.8. The third-order valence-corrected chi connectivity index (χ3v) is 4.70. The number of hydrogen-bond acceptors (Lipinski definition) is 2. The van der Waals surface area contributed by atoms with Crippen LogP contribution in [0.5, 0.6) is 0 Å². The zero-order valence-corrected chi connectivity index (χ0v) is 15.8. The van der Waals surface area contributed by atoms with Gasteiger partial charge in [-0.3, -0.25) is 4.90 Å². The maximum absolute atomic E-state index is 12.8. The van der Waals surface area contributed by atoms with E-state index in [9.17, 15) is 4.79 Å². The molecule has 4 heteroatoms. The Morgan fingerprint density at radius 1 is 1.00 bits per heavy atom. The number of urea groups is 1. The fourth-order valence-corrected chi connectivity index (χ4v) is 3.42. The van der Waals surface area contributed by atoms with E-state index in [1.165, 1.54) is 0 Å². The highest BCUT2D eigenvalue weighted by molar-refractivity contribution is 5.84. The Kier molecular flexibility index (Phi) is 4.88. The second-order valence-corrected chi connectivity index (χ2v) is 7.69. The highest BCUT2D eigenvalue weighted by atomic mass is 16.2. The molecule has 0 aromatic heterocycles. The summed E-state index contributed by atoms with van der Waals surface area (Å²) in [6.45, 7) is 11.9. The first kappa shape index (κ1) is 18.2. The van der Waals surface area contributed by atoms with E-state index in [-0.39, 0.29) is 11.6 Å². The van der Waals surface area contributed by atoms with Crippen molar-refractivity contribution >= 4 is 6.03 Å². The van der Waals surface area contributed by atoms with Crippen LogP contribution in [0.1, 0.15) is 31.9 Å².